The van der Waals surface area contributed by atoms with Crippen molar-refractivity contribution in [3.63, 3.8) is 0 Å². The van der Waals surface area contributed by atoms with E-state index in [2.05, 4.69) is 5.32 Å². The normalized spacial score (nSPS) is 11.8. The van der Waals surface area contributed by atoms with Gasteiger partial charge in [0.1, 0.15) is 12.6 Å². The van der Waals surface area contributed by atoms with Crippen LogP contribution in [0.2, 0.25) is 5.02 Å². The lowest BCUT2D eigenvalue weighted by molar-refractivity contribution is -0.384. The number of nitrogens with one attached hydrogen (secondary N) is 1. The summed E-state index contributed by atoms with van der Waals surface area (Å²) < 4.78 is 28.7. The average Bonchev–Trinajstić information content (AvgIpc) is 3.02. The molecule has 0 spiro atoms. The molecule has 1 atom stereocenters. The highest BCUT2D eigenvalue weighted by Crippen LogP contribution is 2.27. The molecule has 222 valence electrons. The van der Waals surface area contributed by atoms with Crippen molar-refractivity contribution in [3.05, 3.63) is 135 Å². The number of nitro groups is 1. The Bertz CT molecular complexity index is 1690. The van der Waals surface area contributed by atoms with Crippen molar-refractivity contribution in [1.29, 1.82) is 0 Å². The van der Waals surface area contributed by atoms with Gasteiger partial charge >= 0.3 is 0 Å². The quantitative estimate of drug-likeness (QED) is 0.178. The second kappa shape index (κ2) is 14.0. The fourth-order valence-corrected chi connectivity index (χ4v) is 6.19. The van der Waals surface area contributed by atoms with Crippen molar-refractivity contribution in [1.82, 2.24) is 10.2 Å². The molecule has 0 aromatic heterocycles. The number of non-ortho nitro benzene ring substituents is 1. The van der Waals surface area contributed by atoms with Crippen molar-refractivity contribution in [2.75, 3.05) is 17.9 Å². The molecule has 0 bridgehead atoms. The maximum atomic E-state index is 14.2. The van der Waals surface area contributed by atoms with E-state index in [0.717, 1.165) is 9.87 Å². The van der Waals surface area contributed by atoms with Crippen LogP contribution in [0, 0.1) is 10.1 Å². The number of sulfonamides is 1. The van der Waals surface area contributed by atoms with Crippen LogP contribution in [-0.4, -0.2) is 49.7 Å². The van der Waals surface area contributed by atoms with Crippen molar-refractivity contribution in [2.45, 2.75) is 23.9 Å². The lowest BCUT2D eigenvalue weighted by atomic mass is 10.0. The number of benzene rings is 4. The van der Waals surface area contributed by atoms with Crippen LogP contribution in [0.3, 0.4) is 0 Å². The third-order valence-corrected chi connectivity index (χ3v) is 8.74. The van der Waals surface area contributed by atoms with Crippen LogP contribution in [0.1, 0.15) is 11.1 Å². The Balaban J connectivity index is 1.79. The third-order valence-electron chi connectivity index (χ3n) is 6.72. The summed E-state index contributed by atoms with van der Waals surface area (Å²) in [6.45, 7) is -0.721. The predicted octanol–water partition coefficient (Wildman–Crippen LogP) is 4.83. The predicted molar refractivity (Wildman–Crippen MR) is 164 cm³/mol. The molecule has 0 saturated carbocycles. The van der Waals surface area contributed by atoms with Crippen molar-refractivity contribution >= 4 is 44.8 Å². The van der Waals surface area contributed by atoms with E-state index < -0.39 is 39.3 Å². The van der Waals surface area contributed by atoms with Crippen LogP contribution in [-0.2, 0) is 32.6 Å². The fourth-order valence-electron chi connectivity index (χ4n) is 4.54. The molecule has 43 heavy (non-hydrogen) atoms. The summed E-state index contributed by atoms with van der Waals surface area (Å²) in [7, 11) is -2.85. The summed E-state index contributed by atoms with van der Waals surface area (Å²) in [5.74, 6) is -1.10. The van der Waals surface area contributed by atoms with Gasteiger partial charge in [-0.25, -0.2) is 8.42 Å². The van der Waals surface area contributed by atoms with E-state index in [0.29, 0.717) is 10.6 Å². The molecule has 0 aliphatic carbocycles. The molecule has 0 radical (unpaired) electrons. The van der Waals surface area contributed by atoms with Crippen LogP contribution < -0.4 is 9.62 Å². The summed E-state index contributed by atoms with van der Waals surface area (Å²) in [5, 5.41) is 14.3. The molecule has 2 amide bonds. The van der Waals surface area contributed by atoms with E-state index in [1.54, 1.807) is 42.5 Å². The van der Waals surface area contributed by atoms with Gasteiger partial charge < -0.3 is 10.2 Å². The summed E-state index contributed by atoms with van der Waals surface area (Å²) >= 11 is 6.22. The average molecular weight is 621 g/mol. The first kappa shape index (κ1) is 31.2. The number of hydrogen-bond donors (Lipinski definition) is 1. The Kier molecular flexibility index (Phi) is 10.1. The lowest BCUT2D eigenvalue weighted by Gasteiger charge is -2.33. The van der Waals surface area contributed by atoms with Gasteiger partial charge in [-0.2, -0.15) is 0 Å². The number of hydrogen-bond acceptors (Lipinski definition) is 6. The summed E-state index contributed by atoms with van der Waals surface area (Å²) in [4.78, 5) is 39.4. The van der Waals surface area contributed by atoms with Gasteiger partial charge in [0.05, 0.1) is 15.5 Å². The minimum Gasteiger partial charge on any atom is -0.357 e. The van der Waals surface area contributed by atoms with E-state index in [1.165, 1.54) is 48.3 Å². The number of likely N-dealkylation sites (N-methyl/N-ethyl adjacent to an activating group) is 1. The Morgan fingerprint density at radius 2 is 1.49 bits per heavy atom. The number of rotatable bonds is 12. The Morgan fingerprint density at radius 3 is 2.07 bits per heavy atom. The molecule has 4 aromatic rings. The molecule has 0 heterocycles. The molecular formula is C31H29ClN4O6S. The van der Waals surface area contributed by atoms with E-state index in [-0.39, 0.29) is 29.2 Å². The molecule has 0 aliphatic heterocycles. The molecule has 0 saturated heterocycles. The zero-order valence-corrected chi connectivity index (χ0v) is 24.7. The van der Waals surface area contributed by atoms with E-state index in [4.69, 9.17) is 11.6 Å². The lowest BCUT2D eigenvalue weighted by Crippen LogP contribution is -2.53. The molecule has 1 N–H and O–H groups in total. The topological polar surface area (TPSA) is 130 Å². The van der Waals surface area contributed by atoms with Gasteiger partial charge in [0, 0.05) is 37.2 Å². The highest BCUT2D eigenvalue weighted by molar-refractivity contribution is 7.92. The van der Waals surface area contributed by atoms with Crippen LogP contribution in [0.15, 0.2) is 114 Å². The van der Waals surface area contributed by atoms with Crippen LogP contribution in [0.5, 0.6) is 0 Å². The van der Waals surface area contributed by atoms with Crippen LogP contribution >= 0.6 is 11.6 Å². The minimum atomic E-state index is -4.31. The van der Waals surface area contributed by atoms with Gasteiger partial charge in [0.2, 0.25) is 11.8 Å². The van der Waals surface area contributed by atoms with E-state index in [9.17, 15) is 28.1 Å². The third kappa shape index (κ3) is 7.76. The summed E-state index contributed by atoms with van der Waals surface area (Å²) in [6, 6.07) is 27.4. The van der Waals surface area contributed by atoms with E-state index >= 15 is 0 Å². The van der Waals surface area contributed by atoms with Crippen molar-refractivity contribution < 1.29 is 22.9 Å². The molecule has 4 aromatic carbocycles. The highest BCUT2D eigenvalue weighted by Gasteiger charge is 2.34. The maximum absolute atomic E-state index is 14.2. The fraction of sp³-hybridized carbons (Fsp3) is 0.161. The Morgan fingerprint density at radius 1 is 0.884 bits per heavy atom. The molecule has 0 fully saturated rings. The Labute approximate surface area is 254 Å². The largest absolute Gasteiger partial charge is 0.357 e. The van der Waals surface area contributed by atoms with Gasteiger partial charge in [0.15, 0.2) is 0 Å². The van der Waals surface area contributed by atoms with Gasteiger partial charge in [-0.15, -0.1) is 0 Å². The standard InChI is InChI=1S/C31H29ClN4O6S/c1-33-31(38)29(20-23-9-4-2-5-10-23)34(21-24-11-8-12-25(32)19-24)30(37)22-35(26-15-17-27(18-16-26)36(39)40)43(41,42)28-13-6-3-7-14-28/h2-19,29H,20-22H2,1H3,(H,33,38)/t29-/m0/s1. The van der Waals surface area contributed by atoms with E-state index in [1.807, 2.05) is 30.3 Å². The van der Waals surface area contributed by atoms with Crippen LogP contribution in [0.25, 0.3) is 0 Å². The Hall–Kier alpha value is -4.74. The highest BCUT2D eigenvalue weighted by atomic mass is 35.5. The summed E-state index contributed by atoms with van der Waals surface area (Å²) in [5.41, 5.74) is 1.24. The zero-order valence-electron chi connectivity index (χ0n) is 23.2. The number of nitrogens with zero attached hydrogens (tertiary/aromatic N) is 3. The number of nitro benzene ring substituents is 1. The SMILES string of the molecule is CNC(=O)[C@H](Cc1ccccc1)N(Cc1cccc(Cl)c1)C(=O)CN(c1ccc([N+](=O)[O-])cc1)S(=O)(=O)c1ccccc1. The second-order valence-electron chi connectivity index (χ2n) is 9.57. The zero-order chi connectivity index (χ0) is 31.0. The van der Waals surface area contributed by atoms with Crippen LogP contribution in [0.4, 0.5) is 11.4 Å². The van der Waals surface area contributed by atoms with Gasteiger partial charge in [-0.3, -0.25) is 24.0 Å². The molecule has 0 unspecified atom stereocenters. The second-order valence-corrected chi connectivity index (χ2v) is 11.9. The van der Waals surface area contributed by atoms with Gasteiger partial charge in [0.25, 0.3) is 15.7 Å². The first-order valence-electron chi connectivity index (χ1n) is 13.2. The molecule has 12 heteroatoms. The monoisotopic (exact) mass is 620 g/mol. The van der Waals surface area contributed by atoms with Gasteiger partial charge in [-0.05, 0) is 47.5 Å². The smallest absolute Gasteiger partial charge is 0.269 e. The number of carbonyl (C=O) groups is 2. The number of amides is 2. The minimum absolute atomic E-state index is 0.0379. The first-order valence-corrected chi connectivity index (χ1v) is 15.0. The molecule has 0 aliphatic rings. The first-order chi connectivity index (χ1) is 20.6. The van der Waals surface area contributed by atoms with Crippen molar-refractivity contribution in [2.24, 2.45) is 0 Å². The maximum Gasteiger partial charge on any atom is 0.269 e. The number of carbonyl (C=O) groups excluding carboxylic acids is 2. The van der Waals surface area contributed by atoms with Crippen molar-refractivity contribution in [3.8, 4) is 0 Å². The molecular weight excluding hydrogens is 592 g/mol. The van der Waals surface area contributed by atoms with Gasteiger partial charge in [-0.1, -0.05) is 72.3 Å². The number of anilines is 1. The summed E-state index contributed by atoms with van der Waals surface area (Å²) in [6.07, 6.45) is 0.162. The molecule has 10 nitrogen and oxygen atoms in total. The molecule has 4 rings (SSSR count). The number of halogens is 1.